The monoisotopic (exact) mass is 412 g/mol. The van der Waals surface area contributed by atoms with Crippen molar-refractivity contribution in [2.75, 3.05) is 7.11 Å². The van der Waals surface area contributed by atoms with Crippen LogP contribution in [-0.4, -0.2) is 47.1 Å². The second-order valence-electron chi connectivity index (χ2n) is 9.10. The van der Waals surface area contributed by atoms with E-state index in [1.54, 1.807) is 34.8 Å². The second-order valence-corrected chi connectivity index (χ2v) is 9.10. The van der Waals surface area contributed by atoms with Gasteiger partial charge < -0.3 is 14.6 Å². The average Bonchev–Trinajstić information content (AvgIpc) is 2.62. The summed E-state index contributed by atoms with van der Waals surface area (Å²) in [6, 6.07) is 0. The molecule has 6 heteroatoms. The number of carbonyl (C=O) groups is 3. The lowest BCUT2D eigenvalue weighted by Crippen LogP contribution is -2.43. The van der Waals surface area contributed by atoms with Crippen LogP contribution in [0.3, 0.4) is 0 Å². The van der Waals surface area contributed by atoms with Gasteiger partial charge in [0.15, 0.2) is 5.78 Å². The van der Waals surface area contributed by atoms with Crippen molar-refractivity contribution in [2.45, 2.75) is 92.5 Å². The van der Waals surface area contributed by atoms with Gasteiger partial charge in [-0.1, -0.05) is 27.7 Å². The molecule has 0 spiro atoms. The van der Waals surface area contributed by atoms with Crippen LogP contribution in [0.5, 0.6) is 0 Å². The Bertz CT molecular complexity index is 615. The Balaban J connectivity index is 5.37. The molecule has 4 atom stereocenters. The third kappa shape index (κ3) is 8.39. The van der Waals surface area contributed by atoms with Crippen molar-refractivity contribution >= 4 is 17.5 Å². The van der Waals surface area contributed by atoms with Gasteiger partial charge in [0.05, 0.1) is 5.60 Å². The summed E-state index contributed by atoms with van der Waals surface area (Å²) < 4.78 is 10.8. The molecule has 0 saturated carbocycles. The van der Waals surface area contributed by atoms with Gasteiger partial charge in [-0.05, 0) is 59.1 Å². The molecule has 0 aliphatic carbocycles. The molecular weight excluding hydrogens is 372 g/mol. The molecule has 0 heterocycles. The summed E-state index contributed by atoms with van der Waals surface area (Å²) in [6.07, 6.45) is 1.45. The summed E-state index contributed by atoms with van der Waals surface area (Å²) in [5, 5.41) is 10.9. The molecule has 0 aromatic rings. The number of ether oxygens (including phenoxy) is 2. The average molecular weight is 413 g/mol. The van der Waals surface area contributed by atoms with Crippen LogP contribution in [0.15, 0.2) is 11.6 Å². The number of ketones is 2. The fraction of sp³-hybridized carbons (Fsp3) is 0.783. The van der Waals surface area contributed by atoms with E-state index < -0.39 is 29.2 Å². The predicted octanol–water partition coefficient (Wildman–Crippen LogP) is 3.89. The van der Waals surface area contributed by atoms with E-state index in [4.69, 9.17) is 9.47 Å². The van der Waals surface area contributed by atoms with E-state index >= 15 is 0 Å². The van der Waals surface area contributed by atoms with Crippen LogP contribution in [0.1, 0.15) is 75.2 Å². The Hall–Kier alpha value is -1.53. The van der Waals surface area contributed by atoms with E-state index in [0.29, 0.717) is 18.4 Å². The molecule has 0 aliphatic rings. The smallest absolute Gasteiger partial charge is 0.316 e. The van der Waals surface area contributed by atoms with E-state index in [9.17, 15) is 19.5 Å². The normalized spacial score (nSPS) is 18.0. The molecular formula is C23H40O6. The predicted molar refractivity (Wildman–Crippen MR) is 113 cm³/mol. The quantitative estimate of drug-likeness (QED) is 0.297. The molecule has 0 aliphatic heterocycles. The topological polar surface area (TPSA) is 89.9 Å². The Morgan fingerprint density at radius 3 is 2.00 bits per heavy atom. The molecule has 0 rings (SSSR count). The van der Waals surface area contributed by atoms with Crippen molar-refractivity contribution in [1.82, 2.24) is 0 Å². The van der Waals surface area contributed by atoms with Gasteiger partial charge in [-0.15, -0.1) is 0 Å². The first-order valence-corrected chi connectivity index (χ1v) is 10.3. The van der Waals surface area contributed by atoms with Gasteiger partial charge in [-0.2, -0.15) is 0 Å². The lowest BCUT2D eigenvalue weighted by atomic mass is 9.86. The Morgan fingerprint density at radius 2 is 1.59 bits per heavy atom. The number of esters is 1. The Morgan fingerprint density at radius 1 is 1.07 bits per heavy atom. The van der Waals surface area contributed by atoms with Gasteiger partial charge in [0, 0.05) is 18.9 Å². The first-order valence-electron chi connectivity index (χ1n) is 10.3. The molecule has 0 saturated heterocycles. The van der Waals surface area contributed by atoms with Crippen molar-refractivity contribution < 1.29 is 29.0 Å². The highest BCUT2D eigenvalue weighted by atomic mass is 16.6. The standard InChI is InChI=1S/C23H40O6/c1-11-18(29-21(26)17(6)19(24)14(2)3)23(9,27)13-16(5)20(25)15(4)12-22(7,8)28-10/h13-15,17-18,27H,11-12H2,1-10H3/b16-13+/t15-,17-,18-,23+/m1/s1. The van der Waals surface area contributed by atoms with Gasteiger partial charge >= 0.3 is 5.97 Å². The molecule has 0 aromatic heterocycles. The Kier molecular flexibility index (Phi) is 10.4. The number of hydrogen-bond donors (Lipinski definition) is 1. The summed E-state index contributed by atoms with van der Waals surface area (Å²) in [5.41, 5.74) is -1.57. The molecule has 1 N–H and O–H groups in total. The maximum Gasteiger partial charge on any atom is 0.316 e. The molecule has 0 fully saturated rings. The number of methoxy groups -OCH3 is 1. The first-order chi connectivity index (χ1) is 13.1. The summed E-state index contributed by atoms with van der Waals surface area (Å²) in [7, 11) is 1.61. The SMILES string of the molecule is CC[C@@H](OC(=O)[C@H](C)C(=O)C(C)C)[C@@](C)(O)/C=C(\C)C(=O)[C@H](C)CC(C)(C)OC. The first kappa shape index (κ1) is 27.5. The van der Waals surface area contributed by atoms with Crippen LogP contribution in [0, 0.1) is 17.8 Å². The minimum Gasteiger partial charge on any atom is -0.458 e. The molecule has 6 nitrogen and oxygen atoms in total. The summed E-state index contributed by atoms with van der Waals surface area (Å²) in [6.45, 7) is 15.5. The minimum atomic E-state index is -1.54. The van der Waals surface area contributed by atoms with Gasteiger partial charge in [0.2, 0.25) is 0 Å². The van der Waals surface area contributed by atoms with Crippen LogP contribution >= 0.6 is 0 Å². The van der Waals surface area contributed by atoms with Gasteiger partial charge in [-0.25, -0.2) is 0 Å². The van der Waals surface area contributed by atoms with Crippen molar-refractivity contribution in [3.8, 4) is 0 Å². The molecule has 0 unspecified atom stereocenters. The highest BCUT2D eigenvalue weighted by molar-refractivity contribution is 5.99. The second kappa shape index (κ2) is 11.0. The molecule has 0 amide bonds. The zero-order valence-corrected chi connectivity index (χ0v) is 19.8. The van der Waals surface area contributed by atoms with Crippen LogP contribution in [0.2, 0.25) is 0 Å². The zero-order valence-electron chi connectivity index (χ0n) is 19.8. The van der Waals surface area contributed by atoms with E-state index in [0.717, 1.165) is 0 Å². The lowest BCUT2D eigenvalue weighted by molar-refractivity contribution is -0.166. The highest BCUT2D eigenvalue weighted by Crippen LogP contribution is 2.26. The van der Waals surface area contributed by atoms with Crippen molar-refractivity contribution in [3.63, 3.8) is 0 Å². The lowest BCUT2D eigenvalue weighted by Gasteiger charge is -2.31. The van der Waals surface area contributed by atoms with Gasteiger partial charge in [0.25, 0.3) is 0 Å². The van der Waals surface area contributed by atoms with Crippen LogP contribution in [0.25, 0.3) is 0 Å². The Labute approximate surface area is 176 Å². The summed E-state index contributed by atoms with van der Waals surface area (Å²) in [5.74, 6) is -2.44. The largest absolute Gasteiger partial charge is 0.458 e. The maximum atomic E-state index is 12.7. The molecule has 0 aromatic carbocycles. The third-order valence-corrected chi connectivity index (χ3v) is 5.33. The number of carbonyl (C=O) groups excluding carboxylic acids is 3. The maximum absolute atomic E-state index is 12.7. The number of hydrogen-bond acceptors (Lipinski definition) is 6. The van der Waals surface area contributed by atoms with Crippen LogP contribution in [0.4, 0.5) is 0 Å². The van der Waals surface area contributed by atoms with Gasteiger partial charge in [-0.3, -0.25) is 14.4 Å². The fourth-order valence-corrected chi connectivity index (χ4v) is 3.38. The zero-order chi connectivity index (χ0) is 23.2. The summed E-state index contributed by atoms with van der Waals surface area (Å²) in [4.78, 5) is 37.2. The van der Waals surface area contributed by atoms with E-state index in [1.165, 1.54) is 19.9 Å². The molecule has 0 radical (unpaired) electrons. The highest BCUT2D eigenvalue weighted by Gasteiger charge is 2.36. The van der Waals surface area contributed by atoms with Crippen molar-refractivity contribution in [1.29, 1.82) is 0 Å². The van der Waals surface area contributed by atoms with Crippen LogP contribution in [-0.2, 0) is 23.9 Å². The minimum absolute atomic E-state index is 0.0973. The fourth-order valence-electron chi connectivity index (χ4n) is 3.38. The number of allylic oxidation sites excluding steroid dienone is 1. The molecule has 29 heavy (non-hydrogen) atoms. The van der Waals surface area contributed by atoms with Gasteiger partial charge in [0.1, 0.15) is 23.4 Å². The van der Waals surface area contributed by atoms with E-state index in [-0.39, 0.29) is 23.4 Å². The van der Waals surface area contributed by atoms with Crippen LogP contribution < -0.4 is 0 Å². The van der Waals surface area contributed by atoms with E-state index in [2.05, 4.69) is 0 Å². The molecule has 168 valence electrons. The summed E-state index contributed by atoms with van der Waals surface area (Å²) >= 11 is 0. The molecule has 0 bridgehead atoms. The number of rotatable bonds is 12. The third-order valence-electron chi connectivity index (χ3n) is 5.33. The number of Topliss-reactive ketones (excluding diaryl/α,β-unsaturated/α-hetero) is 2. The van der Waals surface area contributed by atoms with E-state index in [1.807, 2.05) is 20.8 Å². The number of aliphatic hydroxyl groups is 1. The van der Waals surface area contributed by atoms with Crippen molar-refractivity contribution in [2.24, 2.45) is 17.8 Å². The van der Waals surface area contributed by atoms with Crippen molar-refractivity contribution in [3.05, 3.63) is 11.6 Å².